The van der Waals surface area contributed by atoms with Crippen molar-refractivity contribution in [2.45, 2.75) is 18.9 Å². The summed E-state index contributed by atoms with van der Waals surface area (Å²) in [6.07, 6.45) is 4.83. The minimum absolute atomic E-state index is 0.0469. The molecule has 0 radical (unpaired) electrons. The molecule has 1 atom stereocenters. The van der Waals surface area contributed by atoms with Crippen LogP contribution in [0, 0.1) is 10.1 Å². The van der Waals surface area contributed by atoms with Crippen LogP contribution in [0.1, 0.15) is 18.4 Å². The molecule has 1 amide bonds. The van der Waals surface area contributed by atoms with Gasteiger partial charge in [-0.1, -0.05) is 24.3 Å². The monoisotopic (exact) mass is 427 g/mol. The zero-order chi connectivity index (χ0) is 21.3. The highest BCUT2D eigenvalue weighted by Gasteiger charge is 2.17. The molecule has 156 valence electrons. The summed E-state index contributed by atoms with van der Waals surface area (Å²) in [4.78, 5) is 22.4. The van der Waals surface area contributed by atoms with Gasteiger partial charge in [-0.15, -0.1) is 0 Å². The van der Waals surface area contributed by atoms with Crippen molar-refractivity contribution in [3.05, 3.63) is 70.3 Å². The summed E-state index contributed by atoms with van der Waals surface area (Å²) in [6.45, 7) is 1.21. The Morgan fingerprint density at radius 1 is 1.30 bits per heavy atom. The lowest BCUT2D eigenvalue weighted by Gasteiger charge is -2.16. The SMILES string of the molecule is O=C(/C=C/c1cccc([N+](=O)[O-])c1)NC(=S)Nc1ccccc1OCC1CCCO1. The number of non-ortho nitro benzene ring substituents is 1. The number of hydrogen-bond donors (Lipinski definition) is 2. The van der Waals surface area contributed by atoms with Crippen molar-refractivity contribution < 1.29 is 19.2 Å². The quantitative estimate of drug-likeness (QED) is 0.301. The molecule has 30 heavy (non-hydrogen) atoms. The Balaban J connectivity index is 1.54. The molecule has 1 unspecified atom stereocenters. The maximum Gasteiger partial charge on any atom is 0.270 e. The van der Waals surface area contributed by atoms with Gasteiger partial charge in [-0.2, -0.15) is 0 Å². The van der Waals surface area contributed by atoms with E-state index in [1.807, 2.05) is 18.2 Å². The third kappa shape index (κ3) is 6.36. The van der Waals surface area contributed by atoms with Gasteiger partial charge in [0.25, 0.3) is 5.69 Å². The Bertz CT molecular complexity index is 957. The number of nitrogens with one attached hydrogen (secondary N) is 2. The number of amides is 1. The predicted molar refractivity (Wildman–Crippen MR) is 117 cm³/mol. The molecular weight excluding hydrogens is 406 g/mol. The van der Waals surface area contributed by atoms with Crippen LogP contribution in [0.2, 0.25) is 0 Å². The molecule has 0 bridgehead atoms. The van der Waals surface area contributed by atoms with E-state index in [1.54, 1.807) is 18.2 Å². The molecule has 1 saturated heterocycles. The fraction of sp³-hybridized carbons (Fsp3) is 0.238. The van der Waals surface area contributed by atoms with Crippen LogP contribution in [-0.4, -0.2) is 35.3 Å². The minimum Gasteiger partial charge on any atom is -0.489 e. The molecule has 0 spiro atoms. The highest BCUT2D eigenvalue weighted by Crippen LogP contribution is 2.25. The van der Waals surface area contributed by atoms with Crippen molar-refractivity contribution in [2.75, 3.05) is 18.5 Å². The summed E-state index contributed by atoms with van der Waals surface area (Å²) in [7, 11) is 0. The molecule has 2 aromatic carbocycles. The summed E-state index contributed by atoms with van der Waals surface area (Å²) in [5.41, 5.74) is 1.11. The Morgan fingerprint density at radius 2 is 2.13 bits per heavy atom. The van der Waals surface area contributed by atoms with Crippen LogP contribution in [0.25, 0.3) is 6.08 Å². The number of para-hydroxylation sites is 2. The van der Waals surface area contributed by atoms with Crippen molar-refractivity contribution in [1.82, 2.24) is 5.32 Å². The minimum atomic E-state index is -0.491. The average molecular weight is 427 g/mol. The molecule has 8 nitrogen and oxygen atoms in total. The Labute approximate surface area is 179 Å². The van der Waals surface area contributed by atoms with Crippen molar-refractivity contribution >= 4 is 40.7 Å². The standard InChI is InChI=1S/C21H21N3O5S/c25-20(11-10-15-5-3-6-16(13-15)24(26)27)23-21(30)22-18-8-1-2-9-19(18)29-14-17-7-4-12-28-17/h1-3,5-6,8-11,13,17H,4,7,12,14H2,(H2,22,23,25,30)/b11-10+. The first kappa shape index (κ1) is 21.4. The molecular formula is C21H21N3O5S. The molecule has 0 aromatic heterocycles. The van der Waals surface area contributed by atoms with Gasteiger partial charge in [0.2, 0.25) is 5.91 Å². The Kier molecular flexibility index (Phi) is 7.47. The van der Waals surface area contributed by atoms with E-state index >= 15 is 0 Å². The number of hydrogen-bond acceptors (Lipinski definition) is 6. The van der Waals surface area contributed by atoms with Gasteiger partial charge >= 0.3 is 0 Å². The third-order valence-electron chi connectivity index (χ3n) is 4.33. The number of carbonyl (C=O) groups is 1. The normalized spacial score (nSPS) is 15.7. The van der Waals surface area contributed by atoms with E-state index in [1.165, 1.54) is 24.3 Å². The van der Waals surface area contributed by atoms with Crippen LogP contribution >= 0.6 is 12.2 Å². The van der Waals surface area contributed by atoms with Gasteiger partial charge in [-0.3, -0.25) is 20.2 Å². The maximum absolute atomic E-state index is 12.1. The Morgan fingerprint density at radius 3 is 2.90 bits per heavy atom. The number of anilines is 1. The van der Waals surface area contributed by atoms with Crippen LogP contribution in [0.4, 0.5) is 11.4 Å². The summed E-state index contributed by atoms with van der Waals surface area (Å²) >= 11 is 5.20. The van der Waals surface area contributed by atoms with Gasteiger partial charge in [-0.05, 0) is 48.8 Å². The first-order valence-electron chi connectivity index (χ1n) is 9.39. The third-order valence-corrected chi connectivity index (χ3v) is 4.53. The lowest BCUT2D eigenvalue weighted by atomic mass is 10.2. The summed E-state index contributed by atoms with van der Waals surface area (Å²) < 4.78 is 11.4. The van der Waals surface area contributed by atoms with Crippen molar-refractivity contribution in [2.24, 2.45) is 0 Å². The van der Waals surface area contributed by atoms with Gasteiger partial charge < -0.3 is 14.8 Å². The number of ether oxygens (including phenoxy) is 2. The van der Waals surface area contributed by atoms with E-state index in [-0.39, 0.29) is 16.9 Å². The smallest absolute Gasteiger partial charge is 0.270 e. The molecule has 9 heteroatoms. The second-order valence-electron chi connectivity index (χ2n) is 6.57. The second kappa shape index (κ2) is 10.5. The van der Waals surface area contributed by atoms with Gasteiger partial charge in [0.05, 0.1) is 16.7 Å². The summed E-state index contributed by atoms with van der Waals surface area (Å²) in [5.74, 6) is 0.147. The molecule has 1 aliphatic heterocycles. The summed E-state index contributed by atoms with van der Waals surface area (Å²) in [6, 6.07) is 13.3. The predicted octanol–water partition coefficient (Wildman–Crippen LogP) is 3.68. The molecule has 2 N–H and O–H groups in total. The number of thiocarbonyl (C=S) groups is 1. The van der Waals surface area contributed by atoms with Crippen molar-refractivity contribution in [1.29, 1.82) is 0 Å². The average Bonchev–Trinajstić information content (AvgIpc) is 3.25. The van der Waals surface area contributed by atoms with E-state index in [2.05, 4.69) is 10.6 Å². The molecule has 1 aliphatic rings. The fourth-order valence-electron chi connectivity index (χ4n) is 2.88. The lowest BCUT2D eigenvalue weighted by Crippen LogP contribution is -2.33. The number of carbonyl (C=O) groups excluding carboxylic acids is 1. The second-order valence-corrected chi connectivity index (χ2v) is 6.98. The number of nitro groups is 1. The number of nitro benzene ring substituents is 1. The number of rotatable bonds is 7. The molecule has 2 aromatic rings. The lowest BCUT2D eigenvalue weighted by molar-refractivity contribution is -0.384. The molecule has 0 aliphatic carbocycles. The fourth-order valence-corrected chi connectivity index (χ4v) is 3.09. The Hall–Kier alpha value is -3.30. The first-order chi connectivity index (χ1) is 14.5. The topological polar surface area (TPSA) is 103 Å². The van der Waals surface area contributed by atoms with Gasteiger partial charge in [0, 0.05) is 24.8 Å². The highest BCUT2D eigenvalue weighted by atomic mass is 32.1. The molecule has 3 rings (SSSR count). The van der Waals surface area contributed by atoms with Gasteiger partial charge in [-0.25, -0.2) is 0 Å². The number of benzene rings is 2. The van der Waals surface area contributed by atoms with E-state index in [0.717, 1.165) is 19.4 Å². The maximum atomic E-state index is 12.1. The van der Waals surface area contributed by atoms with E-state index in [4.69, 9.17) is 21.7 Å². The van der Waals surface area contributed by atoms with Crippen molar-refractivity contribution in [3.8, 4) is 5.75 Å². The van der Waals surface area contributed by atoms with Gasteiger partial charge in [0.1, 0.15) is 12.4 Å². The van der Waals surface area contributed by atoms with E-state index in [0.29, 0.717) is 23.6 Å². The summed E-state index contributed by atoms with van der Waals surface area (Å²) in [5, 5.41) is 16.4. The van der Waals surface area contributed by atoms with Crippen LogP contribution < -0.4 is 15.4 Å². The zero-order valence-corrected chi connectivity index (χ0v) is 16.9. The highest BCUT2D eigenvalue weighted by molar-refractivity contribution is 7.80. The van der Waals surface area contributed by atoms with Crippen LogP contribution in [0.3, 0.4) is 0 Å². The largest absolute Gasteiger partial charge is 0.489 e. The zero-order valence-electron chi connectivity index (χ0n) is 16.1. The van der Waals surface area contributed by atoms with Crippen LogP contribution in [0.15, 0.2) is 54.6 Å². The van der Waals surface area contributed by atoms with E-state index < -0.39 is 10.8 Å². The van der Waals surface area contributed by atoms with Crippen LogP contribution in [0.5, 0.6) is 5.75 Å². The van der Waals surface area contributed by atoms with Gasteiger partial charge in [0.15, 0.2) is 5.11 Å². The van der Waals surface area contributed by atoms with Crippen LogP contribution in [-0.2, 0) is 9.53 Å². The molecule has 1 heterocycles. The van der Waals surface area contributed by atoms with E-state index in [9.17, 15) is 14.9 Å². The van der Waals surface area contributed by atoms with Crippen molar-refractivity contribution in [3.63, 3.8) is 0 Å². The molecule has 0 saturated carbocycles. The first-order valence-corrected chi connectivity index (χ1v) is 9.80. The molecule has 1 fully saturated rings. The number of nitrogens with zero attached hydrogens (tertiary/aromatic N) is 1.